The molecule has 0 fully saturated rings. The molecule has 1 aromatic heterocycles. The number of ether oxygens (including phenoxy) is 1. The molecule has 0 amide bonds. The van der Waals surface area contributed by atoms with Crippen LogP contribution in [0.4, 0.5) is 17.1 Å². The minimum atomic E-state index is -0.638. The molecule has 3 aliphatic rings. The van der Waals surface area contributed by atoms with Crippen molar-refractivity contribution >= 4 is 62.0 Å². The van der Waals surface area contributed by atoms with E-state index in [1.807, 2.05) is 0 Å². The highest BCUT2D eigenvalue weighted by molar-refractivity contribution is 6.99. The van der Waals surface area contributed by atoms with Crippen molar-refractivity contribution in [3.8, 4) is 72.8 Å². The van der Waals surface area contributed by atoms with Crippen LogP contribution in [0.5, 0.6) is 11.5 Å². The molecule has 2 aliphatic heterocycles. The molecule has 1 aliphatic carbocycles. The van der Waals surface area contributed by atoms with Gasteiger partial charge in [0.15, 0.2) is 0 Å². The predicted molar refractivity (Wildman–Crippen MR) is 439 cm³/mol. The first-order valence-corrected chi connectivity index (χ1v) is 37.1. The molecule has 4 heteroatoms. The lowest BCUT2D eigenvalue weighted by Crippen LogP contribution is -2.59. The number of hydrogen-bond acceptors (Lipinski definition) is 2. The molecule has 0 saturated carbocycles. The van der Waals surface area contributed by atoms with E-state index in [0.717, 1.165) is 78.6 Å². The van der Waals surface area contributed by atoms with Gasteiger partial charge in [0.25, 0.3) is 6.71 Å². The minimum Gasteiger partial charge on any atom is -0.458 e. The Morgan fingerprint density at radius 1 is 0.311 bits per heavy atom. The molecule has 13 aromatic carbocycles. The third-order valence-electron chi connectivity index (χ3n) is 22.7. The first kappa shape index (κ1) is 65.6. The molecule has 0 spiro atoms. The van der Waals surface area contributed by atoms with Gasteiger partial charge < -0.3 is 14.2 Å². The lowest BCUT2D eigenvalue weighted by atomic mass is 9.34. The van der Waals surface area contributed by atoms with Crippen molar-refractivity contribution in [1.29, 1.82) is 0 Å². The third-order valence-corrected chi connectivity index (χ3v) is 22.7. The Hall–Kier alpha value is -10.7. The van der Waals surface area contributed by atoms with Crippen LogP contribution in [0, 0.1) is 0 Å². The highest BCUT2D eigenvalue weighted by Gasteiger charge is 2.49. The maximum Gasteiger partial charge on any atom is 0.256 e. The van der Waals surface area contributed by atoms with Gasteiger partial charge in [0.2, 0.25) is 0 Å². The van der Waals surface area contributed by atoms with Crippen LogP contribution in [0.3, 0.4) is 0 Å². The summed E-state index contributed by atoms with van der Waals surface area (Å²) in [5.74, 6) is 1.70. The van der Waals surface area contributed by atoms with Gasteiger partial charge in [0.05, 0.1) is 22.1 Å². The number of hydrogen-bond donors (Lipinski definition) is 0. The van der Waals surface area contributed by atoms with Crippen LogP contribution in [-0.4, -0.2) is 11.3 Å². The Bertz CT molecular complexity index is 5520. The van der Waals surface area contributed by atoms with Gasteiger partial charge in [-0.05, 0) is 199 Å². The molecule has 0 radical (unpaired) electrons. The molecule has 0 N–H and O–H groups in total. The maximum absolute atomic E-state index is 7.96. The van der Waals surface area contributed by atoms with Crippen LogP contribution < -0.4 is 26.0 Å². The van der Waals surface area contributed by atoms with E-state index in [0.29, 0.717) is 0 Å². The van der Waals surface area contributed by atoms with Gasteiger partial charge in [0.1, 0.15) is 11.5 Å². The number of rotatable bonds is 8. The lowest BCUT2D eigenvalue weighted by molar-refractivity contribution is 0.487. The van der Waals surface area contributed by atoms with Crippen LogP contribution in [0.2, 0.25) is 0 Å². The quantitative estimate of drug-likeness (QED) is 0.141. The lowest BCUT2D eigenvalue weighted by Gasteiger charge is -2.42. The van der Waals surface area contributed by atoms with E-state index < -0.39 is 5.41 Å². The molecule has 0 saturated heterocycles. The summed E-state index contributed by atoms with van der Waals surface area (Å²) in [6, 6.07) is 107. The molecule has 17 rings (SSSR count). The van der Waals surface area contributed by atoms with Gasteiger partial charge in [-0.15, -0.1) is 0 Å². The number of fused-ring (bicyclic) bond motifs is 10. The zero-order valence-electron chi connectivity index (χ0n) is 62.4. The maximum atomic E-state index is 7.96. The van der Waals surface area contributed by atoms with E-state index in [4.69, 9.17) is 4.74 Å². The van der Waals surface area contributed by atoms with Crippen molar-refractivity contribution in [2.75, 3.05) is 4.90 Å². The summed E-state index contributed by atoms with van der Waals surface area (Å²) in [4.78, 5) is 2.66. The van der Waals surface area contributed by atoms with Crippen LogP contribution in [-0.2, 0) is 32.5 Å². The Morgan fingerprint density at radius 2 is 0.796 bits per heavy atom. The summed E-state index contributed by atoms with van der Waals surface area (Å²) in [5.41, 5.74) is 32.4. The summed E-state index contributed by atoms with van der Waals surface area (Å²) in [6.07, 6.45) is 0. The number of aromatic nitrogens is 1. The van der Waals surface area contributed by atoms with Crippen LogP contribution >= 0.6 is 0 Å². The highest BCUT2D eigenvalue weighted by Crippen LogP contribution is 2.60. The van der Waals surface area contributed by atoms with Gasteiger partial charge in [-0.2, -0.15) is 0 Å². The second-order valence-corrected chi connectivity index (χ2v) is 34.5. The number of anilines is 3. The fourth-order valence-electron chi connectivity index (χ4n) is 17.1. The molecule has 3 heterocycles. The van der Waals surface area contributed by atoms with Crippen molar-refractivity contribution in [2.45, 2.75) is 136 Å². The summed E-state index contributed by atoms with van der Waals surface area (Å²) in [5, 5.41) is 2.51. The van der Waals surface area contributed by atoms with E-state index in [-0.39, 0.29) is 33.8 Å². The zero-order chi connectivity index (χ0) is 71.4. The van der Waals surface area contributed by atoms with Crippen LogP contribution in [0.25, 0.3) is 83.1 Å². The van der Waals surface area contributed by atoms with E-state index in [1.54, 1.807) is 0 Å². The predicted octanol–water partition coefficient (Wildman–Crippen LogP) is 24.7. The van der Waals surface area contributed by atoms with Crippen LogP contribution in [0.15, 0.2) is 279 Å². The van der Waals surface area contributed by atoms with Gasteiger partial charge in [0, 0.05) is 45.0 Å². The monoisotopic (exact) mass is 1330 g/mol. The van der Waals surface area contributed by atoms with Crippen molar-refractivity contribution in [3.05, 3.63) is 329 Å². The van der Waals surface area contributed by atoms with Gasteiger partial charge >= 0.3 is 0 Å². The van der Waals surface area contributed by atoms with Crippen molar-refractivity contribution in [2.24, 2.45) is 0 Å². The first-order chi connectivity index (χ1) is 49.2. The first-order valence-electron chi connectivity index (χ1n) is 37.1. The molecule has 506 valence electrons. The second kappa shape index (κ2) is 23.7. The second-order valence-electron chi connectivity index (χ2n) is 34.5. The summed E-state index contributed by atoms with van der Waals surface area (Å²) >= 11 is 0. The van der Waals surface area contributed by atoms with Crippen molar-refractivity contribution < 1.29 is 4.74 Å². The molecular formula is C99H91BN2O. The Kier molecular flexibility index (Phi) is 15.1. The Balaban J connectivity index is 0.999. The van der Waals surface area contributed by atoms with E-state index >= 15 is 0 Å². The Morgan fingerprint density at radius 3 is 1.34 bits per heavy atom. The van der Waals surface area contributed by atoms with E-state index in [9.17, 15) is 0 Å². The largest absolute Gasteiger partial charge is 0.458 e. The Labute approximate surface area is 610 Å². The minimum absolute atomic E-state index is 0.0380. The average Bonchev–Trinajstić information content (AvgIpc) is 1.67. The number of nitrogens with zero attached hydrogens (tertiary/aromatic N) is 2. The molecule has 3 nitrogen and oxygen atoms in total. The van der Waals surface area contributed by atoms with Crippen LogP contribution in [0.1, 0.15) is 154 Å². The molecule has 0 bridgehead atoms. The van der Waals surface area contributed by atoms with E-state index in [1.165, 1.54) is 99.6 Å². The highest BCUT2D eigenvalue weighted by atomic mass is 16.5. The van der Waals surface area contributed by atoms with E-state index in [2.05, 4.69) is 392 Å². The summed E-state index contributed by atoms with van der Waals surface area (Å²) in [6.45, 7) is 34.8. The fraction of sp³-hybridized carbons (Fsp3) is 0.212. The average molecular weight is 1340 g/mol. The topological polar surface area (TPSA) is 17.4 Å². The molecule has 0 atom stereocenters. The standard InChI is InChI=1S/C99H91BN2O/c1-94(2,3)69-44-49-85-80(57-69)81-58-70(95(4,5)6)45-50-86(81)101(85)74-46-47-83-89(61-74)103-90-55-66(65-51-71(96(7,8)9)56-72(52-65)97(10,11)12)54-88-92(90)100(83)84-53-64(75-40-30-41-77-76-39-28-29-42-82(76)99(91(75)77,67-35-24-18-25-36-67)68-37-26-19-27-38-68)43-48-87(84)102(88)93-78(62-31-20-16-21-32-62)59-73(98(13,14)15)60-79(93)63-33-22-17-23-34-63/h16-61H,1-15H3. The van der Waals surface area contributed by atoms with Gasteiger partial charge in [-0.3, -0.25) is 0 Å². The van der Waals surface area contributed by atoms with Crippen molar-refractivity contribution in [1.82, 2.24) is 4.57 Å². The molecular weight excluding hydrogens is 1240 g/mol. The molecule has 103 heavy (non-hydrogen) atoms. The molecule has 14 aromatic rings. The smallest absolute Gasteiger partial charge is 0.256 e. The summed E-state index contributed by atoms with van der Waals surface area (Å²) in [7, 11) is 0. The third kappa shape index (κ3) is 10.8. The zero-order valence-corrected chi connectivity index (χ0v) is 62.4. The van der Waals surface area contributed by atoms with Gasteiger partial charge in [-0.25, -0.2) is 0 Å². The summed E-state index contributed by atoms with van der Waals surface area (Å²) < 4.78 is 10.4. The normalized spacial score (nSPS) is 13.9. The molecule has 0 unspecified atom stereocenters. The number of benzene rings is 13. The SMILES string of the molecule is CC(C)(C)c1cc(-c2cc3c4c(c2)N(c2c(-c5ccccc5)cc(C(C)(C)C)cc2-c2ccccc2)c2ccc(-c5cccc6c5C(c5ccccc5)(c5ccccc5)c5ccccc5-6)cc2B4c2ccc(-n4c5ccc(C(C)(C)C)cc5c5cc(C(C)(C)C)ccc54)cc2O3)cc(C(C)(C)C)c1. The fourth-order valence-corrected chi connectivity index (χ4v) is 17.1. The van der Waals surface area contributed by atoms with Crippen molar-refractivity contribution in [3.63, 3.8) is 0 Å². The van der Waals surface area contributed by atoms with Gasteiger partial charge in [-0.1, -0.05) is 316 Å².